The lowest BCUT2D eigenvalue weighted by Gasteiger charge is -2.20. The SMILES string of the molecule is C=CC[n+]1c(/C=C2\Sc3cc(C)cc(C)c3N2CC)ccc2ccc(C)cc21. The van der Waals surface area contributed by atoms with Crippen molar-refractivity contribution >= 4 is 34.4 Å². The molecule has 142 valence electrons. The third-order valence-corrected chi connectivity index (χ3v) is 6.36. The van der Waals surface area contributed by atoms with Crippen molar-refractivity contribution in [3.05, 3.63) is 82.5 Å². The second-order valence-corrected chi connectivity index (χ2v) is 8.54. The molecule has 0 atom stereocenters. The number of aromatic nitrogens is 1. The first-order chi connectivity index (χ1) is 13.5. The summed E-state index contributed by atoms with van der Waals surface area (Å²) in [6.45, 7) is 14.5. The molecule has 28 heavy (non-hydrogen) atoms. The number of thioether (sulfide) groups is 1. The van der Waals surface area contributed by atoms with Crippen molar-refractivity contribution in [3.63, 3.8) is 0 Å². The zero-order valence-corrected chi connectivity index (χ0v) is 17.9. The van der Waals surface area contributed by atoms with E-state index in [-0.39, 0.29) is 0 Å². The average Bonchev–Trinajstić information content (AvgIpc) is 3.01. The fraction of sp³-hybridized carbons (Fsp3) is 0.240. The highest BCUT2D eigenvalue weighted by atomic mass is 32.2. The molecule has 2 nitrogen and oxygen atoms in total. The van der Waals surface area contributed by atoms with Gasteiger partial charge in [-0.3, -0.25) is 0 Å². The van der Waals surface area contributed by atoms with Crippen LogP contribution in [0.25, 0.3) is 17.0 Å². The number of fused-ring (bicyclic) bond motifs is 2. The molecule has 0 fully saturated rings. The molecular formula is C25H27N2S+. The van der Waals surface area contributed by atoms with Crippen LogP contribution in [0.2, 0.25) is 0 Å². The molecular weight excluding hydrogens is 360 g/mol. The van der Waals surface area contributed by atoms with Crippen molar-refractivity contribution in [2.75, 3.05) is 11.4 Å². The van der Waals surface area contributed by atoms with Crippen LogP contribution in [-0.2, 0) is 6.54 Å². The van der Waals surface area contributed by atoms with Crippen molar-refractivity contribution in [2.24, 2.45) is 0 Å². The number of allylic oxidation sites excluding steroid dienone is 1. The zero-order chi connectivity index (χ0) is 19.8. The minimum atomic E-state index is 0.793. The predicted molar refractivity (Wildman–Crippen MR) is 122 cm³/mol. The number of hydrogen-bond donors (Lipinski definition) is 0. The van der Waals surface area contributed by atoms with Crippen molar-refractivity contribution in [1.29, 1.82) is 0 Å². The minimum absolute atomic E-state index is 0.793. The van der Waals surface area contributed by atoms with Gasteiger partial charge in [-0.15, -0.1) is 0 Å². The number of pyridine rings is 1. The number of anilines is 1. The van der Waals surface area contributed by atoms with Crippen molar-refractivity contribution in [3.8, 4) is 0 Å². The topological polar surface area (TPSA) is 7.12 Å². The molecule has 0 saturated heterocycles. The van der Waals surface area contributed by atoms with E-state index in [1.165, 1.54) is 48.9 Å². The van der Waals surface area contributed by atoms with Crippen LogP contribution < -0.4 is 9.47 Å². The maximum absolute atomic E-state index is 3.99. The maximum Gasteiger partial charge on any atom is 0.213 e. The number of benzene rings is 2. The summed E-state index contributed by atoms with van der Waals surface area (Å²) in [6, 6.07) is 15.7. The van der Waals surface area contributed by atoms with E-state index in [4.69, 9.17) is 0 Å². The Hall–Kier alpha value is -2.52. The van der Waals surface area contributed by atoms with E-state index < -0.39 is 0 Å². The van der Waals surface area contributed by atoms with Crippen LogP contribution in [0.15, 0.2) is 65.0 Å². The average molecular weight is 388 g/mol. The lowest BCUT2D eigenvalue weighted by atomic mass is 10.1. The van der Waals surface area contributed by atoms with Gasteiger partial charge in [-0.25, -0.2) is 0 Å². The molecule has 0 amide bonds. The second-order valence-electron chi connectivity index (χ2n) is 7.48. The Bertz CT molecular complexity index is 1110. The number of aryl methyl sites for hydroxylation is 3. The van der Waals surface area contributed by atoms with Gasteiger partial charge in [0.05, 0.1) is 10.7 Å². The molecule has 0 aliphatic carbocycles. The molecule has 2 heterocycles. The molecule has 0 unspecified atom stereocenters. The predicted octanol–water partition coefficient (Wildman–Crippen LogP) is 6.17. The molecule has 0 bridgehead atoms. The lowest BCUT2D eigenvalue weighted by Crippen LogP contribution is -2.37. The molecule has 4 rings (SSSR count). The normalized spacial score (nSPS) is 14.7. The molecule has 1 aliphatic heterocycles. The maximum atomic E-state index is 3.99. The van der Waals surface area contributed by atoms with Crippen LogP contribution in [0.3, 0.4) is 0 Å². The Morgan fingerprint density at radius 3 is 2.57 bits per heavy atom. The Balaban J connectivity index is 1.87. The van der Waals surface area contributed by atoms with Gasteiger partial charge in [-0.05, 0) is 68.7 Å². The third-order valence-electron chi connectivity index (χ3n) is 5.28. The molecule has 3 aromatic rings. The highest BCUT2D eigenvalue weighted by Crippen LogP contribution is 2.48. The summed E-state index contributed by atoms with van der Waals surface area (Å²) in [5, 5.41) is 2.55. The van der Waals surface area contributed by atoms with Crippen LogP contribution in [-0.4, -0.2) is 6.54 Å². The van der Waals surface area contributed by atoms with Crippen LogP contribution >= 0.6 is 11.8 Å². The molecule has 3 heteroatoms. The summed E-state index contributed by atoms with van der Waals surface area (Å²) in [5.74, 6) is 0. The fourth-order valence-corrected chi connectivity index (χ4v) is 5.41. The summed E-state index contributed by atoms with van der Waals surface area (Å²) < 4.78 is 2.36. The lowest BCUT2D eigenvalue weighted by molar-refractivity contribution is -0.662. The van der Waals surface area contributed by atoms with E-state index >= 15 is 0 Å². The number of hydrogen-bond acceptors (Lipinski definition) is 2. The quantitative estimate of drug-likeness (QED) is 0.390. The molecule has 0 saturated carbocycles. The van der Waals surface area contributed by atoms with Gasteiger partial charge >= 0.3 is 0 Å². The Morgan fingerprint density at radius 2 is 1.82 bits per heavy atom. The van der Waals surface area contributed by atoms with E-state index in [0.29, 0.717) is 0 Å². The van der Waals surface area contributed by atoms with E-state index in [1.807, 2.05) is 17.8 Å². The summed E-state index contributed by atoms with van der Waals surface area (Å²) in [5.41, 5.74) is 7.77. The highest BCUT2D eigenvalue weighted by Gasteiger charge is 2.27. The summed E-state index contributed by atoms with van der Waals surface area (Å²) in [4.78, 5) is 3.80. The largest absolute Gasteiger partial charge is 0.335 e. The van der Waals surface area contributed by atoms with Gasteiger partial charge in [0.15, 0.2) is 6.54 Å². The molecule has 2 aromatic carbocycles. The second kappa shape index (κ2) is 7.48. The van der Waals surface area contributed by atoms with Crippen LogP contribution in [0, 0.1) is 20.8 Å². The van der Waals surface area contributed by atoms with Crippen LogP contribution in [0.5, 0.6) is 0 Å². The van der Waals surface area contributed by atoms with Crippen LogP contribution in [0.4, 0.5) is 5.69 Å². The summed E-state index contributed by atoms with van der Waals surface area (Å²) >= 11 is 1.88. The number of nitrogens with zero attached hydrogens (tertiary/aromatic N) is 2. The summed E-state index contributed by atoms with van der Waals surface area (Å²) in [7, 11) is 0. The van der Waals surface area contributed by atoms with Gasteiger partial charge in [0.1, 0.15) is 0 Å². The van der Waals surface area contributed by atoms with Crippen molar-refractivity contribution in [1.82, 2.24) is 0 Å². The van der Waals surface area contributed by atoms with Gasteiger partial charge in [-0.2, -0.15) is 4.57 Å². The molecule has 1 aromatic heterocycles. The third kappa shape index (κ3) is 3.24. The van der Waals surface area contributed by atoms with Gasteiger partial charge in [-0.1, -0.05) is 30.5 Å². The van der Waals surface area contributed by atoms with Gasteiger partial charge in [0, 0.05) is 35.0 Å². The Labute approximate surface area is 172 Å². The van der Waals surface area contributed by atoms with Gasteiger partial charge in [0.25, 0.3) is 0 Å². The van der Waals surface area contributed by atoms with Crippen LogP contribution in [0.1, 0.15) is 29.3 Å². The summed E-state index contributed by atoms with van der Waals surface area (Å²) in [6.07, 6.45) is 4.31. The standard InChI is InChI=1S/C25H27N2S/c1-6-12-27-21(11-10-20-9-8-17(3)14-22(20)27)16-24-26(7-2)25-19(5)13-18(4)15-23(25)28-24/h6,8-11,13-16H,1,7,12H2,2-5H3/q+1. The molecule has 0 N–H and O–H groups in total. The number of rotatable bonds is 4. The first-order valence-electron chi connectivity index (χ1n) is 9.84. The fourth-order valence-electron chi connectivity index (χ4n) is 4.06. The molecule has 0 radical (unpaired) electrons. The Morgan fingerprint density at radius 1 is 1.04 bits per heavy atom. The van der Waals surface area contributed by atoms with E-state index in [9.17, 15) is 0 Å². The smallest absolute Gasteiger partial charge is 0.213 e. The zero-order valence-electron chi connectivity index (χ0n) is 17.1. The Kier molecular flexibility index (Phi) is 5.03. The van der Waals surface area contributed by atoms with Crippen molar-refractivity contribution < 1.29 is 4.57 Å². The highest BCUT2D eigenvalue weighted by molar-refractivity contribution is 8.03. The van der Waals surface area contributed by atoms with E-state index in [2.05, 4.69) is 92.3 Å². The van der Waals surface area contributed by atoms with Gasteiger partial charge in [0.2, 0.25) is 11.2 Å². The van der Waals surface area contributed by atoms with E-state index in [1.54, 1.807) is 0 Å². The molecule has 1 aliphatic rings. The van der Waals surface area contributed by atoms with Gasteiger partial charge < -0.3 is 4.90 Å². The monoisotopic (exact) mass is 387 g/mol. The molecule has 0 spiro atoms. The van der Waals surface area contributed by atoms with E-state index in [0.717, 1.165) is 13.1 Å². The minimum Gasteiger partial charge on any atom is -0.335 e. The first-order valence-corrected chi connectivity index (χ1v) is 10.7. The first kappa shape index (κ1) is 18.8. The van der Waals surface area contributed by atoms with Crippen molar-refractivity contribution in [2.45, 2.75) is 39.1 Å².